The molecule has 0 aliphatic carbocycles. The Balaban J connectivity index is 1.91. The van der Waals surface area contributed by atoms with Crippen molar-refractivity contribution in [2.24, 2.45) is 5.14 Å². The normalized spacial score (nSPS) is 11.5. The molecule has 8 heteroatoms. The van der Waals surface area contributed by atoms with Crippen LogP contribution < -0.4 is 15.8 Å². The fraction of sp³-hybridized carbons (Fsp3) is 0.158. The van der Waals surface area contributed by atoms with Gasteiger partial charge in [-0.05, 0) is 42.7 Å². The van der Waals surface area contributed by atoms with E-state index in [0.29, 0.717) is 18.7 Å². The van der Waals surface area contributed by atoms with Crippen LogP contribution in [0.3, 0.4) is 0 Å². The van der Waals surface area contributed by atoms with Crippen LogP contribution in [-0.2, 0) is 21.2 Å². The summed E-state index contributed by atoms with van der Waals surface area (Å²) in [6, 6.07) is 15.4. The molecule has 27 heavy (non-hydrogen) atoms. The highest BCUT2D eigenvalue weighted by Crippen LogP contribution is 2.14. The van der Waals surface area contributed by atoms with E-state index in [1.807, 2.05) is 25.1 Å². The summed E-state index contributed by atoms with van der Waals surface area (Å²) in [5.41, 5.74) is 2.41. The number of carbonyl (C=O) groups is 1. The van der Waals surface area contributed by atoms with Crippen molar-refractivity contribution in [2.75, 3.05) is 11.9 Å². The topological polar surface area (TPSA) is 125 Å². The molecule has 0 fully saturated rings. The predicted octanol–water partition coefficient (Wildman–Crippen LogP) is 1.82. The van der Waals surface area contributed by atoms with Crippen LogP contribution in [0.25, 0.3) is 0 Å². The van der Waals surface area contributed by atoms with E-state index in [4.69, 9.17) is 5.14 Å². The number of nitriles is 1. The van der Waals surface area contributed by atoms with Crippen LogP contribution >= 0.6 is 0 Å². The Morgan fingerprint density at radius 1 is 1.19 bits per heavy atom. The summed E-state index contributed by atoms with van der Waals surface area (Å²) in [4.78, 5) is 12.2. The monoisotopic (exact) mass is 384 g/mol. The van der Waals surface area contributed by atoms with Gasteiger partial charge in [-0.3, -0.25) is 4.79 Å². The maximum absolute atomic E-state index is 12.2. The number of rotatable bonds is 7. The number of hydrogen-bond donors (Lipinski definition) is 3. The minimum atomic E-state index is -3.70. The minimum Gasteiger partial charge on any atom is -0.389 e. The van der Waals surface area contributed by atoms with Gasteiger partial charge in [0.2, 0.25) is 10.0 Å². The molecule has 1 amide bonds. The van der Waals surface area contributed by atoms with Gasteiger partial charge in [-0.1, -0.05) is 30.3 Å². The van der Waals surface area contributed by atoms with Gasteiger partial charge in [0.1, 0.15) is 11.6 Å². The molecule has 2 aromatic carbocycles. The van der Waals surface area contributed by atoms with E-state index in [1.165, 1.54) is 18.3 Å². The number of benzene rings is 2. The Bertz CT molecular complexity index is 990. The van der Waals surface area contributed by atoms with Crippen molar-refractivity contribution < 1.29 is 13.2 Å². The van der Waals surface area contributed by atoms with Crippen molar-refractivity contribution >= 4 is 21.6 Å². The lowest BCUT2D eigenvalue weighted by atomic mass is 10.1. The van der Waals surface area contributed by atoms with Gasteiger partial charge in [-0.15, -0.1) is 0 Å². The second-order valence-electron chi connectivity index (χ2n) is 5.83. The van der Waals surface area contributed by atoms with E-state index >= 15 is 0 Å². The second kappa shape index (κ2) is 8.98. The molecule has 0 heterocycles. The summed E-state index contributed by atoms with van der Waals surface area (Å²) in [5, 5.41) is 19.9. The zero-order valence-corrected chi connectivity index (χ0v) is 15.6. The SMILES string of the molecule is Cc1ccccc1NC(=O)/C(C#N)=C\NCCc1ccc(S(N)(=O)=O)cc1. The van der Waals surface area contributed by atoms with Crippen LogP contribution in [0, 0.1) is 18.3 Å². The number of nitrogens with one attached hydrogen (secondary N) is 2. The number of carbonyl (C=O) groups excluding carboxylic acids is 1. The molecule has 7 nitrogen and oxygen atoms in total. The third kappa shape index (κ3) is 5.95. The van der Waals surface area contributed by atoms with Crippen molar-refractivity contribution in [3.8, 4) is 6.07 Å². The number of primary sulfonamides is 1. The zero-order valence-electron chi connectivity index (χ0n) is 14.8. The summed E-state index contributed by atoms with van der Waals surface area (Å²) in [6.45, 7) is 2.34. The van der Waals surface area contributed by atoms with Gasteiger partial charge in [0.15, 0.2) is 0 Å². The predicted molar refractivity (Wildman–Crippen MR) is 103 cm³/mol. The van der Waals surface area contributed by atoms with Crippen molar-refractivity contribution in [3.63, 3.8) is 0 Å². The summed E-state index contributed by atoms with van der Waals surface area (Å²) in [7, 11) is -3.70. The lowest BCUT2D eigenvalue weighted by Crippen LogP contribution is -2.18. The maximum Gasteiger partial charge on any atom is 0.267 e. The highest BCUT2D eigenvalue weighted by atomic mass is 32.2. The summed E-state index contributed by atoms with van der Waals surface area (Å²) >= 11 is 0. The van der Waals surface area contributed by atoms with Crippen molar-refractivity contribution in [1.82, 2.24) is 5.32 Å². The minimum absolute atomic E-state index is 0.0390. The Labute approximate surface area is 158 Å². The maximum atomic E-state index is 12.2. The molecule has 2 aromatic rings. The van der Waals surface area contributed by atoms with Gasteiger partial charge in [-0.2, -0.15) is 5.26 Å². The van der Waals surface area contributed by atoms with Gasteiger partial charge >= 0.3 is 0 Å². The van der Waals surface area contributed by atoms with E-state index in [2.05, 4.69) is 10.6 Å². The van der Waals surface area contributed by atoms with Crippen LogP contribution in [0.15, 0.2) is 65.2 Å². The third-order valence-electron chi connectivity index (χ3n) is 3.81. The third-order valence-corrected chi connectivity index (χ3v) is 4.74. The molecular weight excluding hydrogens is 364 g/mol. The average molecular weight is 384 g/mol. The van der Waals surface area contributed by atoms with E-state index in [0.717, 1.165) is 11.1 Å². The van der Waals surface area contributed by atoms with Gasteiger partial charge in [0.25, 0.3) is 5.91 Å². The molecule has 0 radical (unpaired) electrons. The molecule has 2 rings (SSSR count). The summed E-state index contributed by atoms with van der Waals surface area (Å²) in [5.74, 6) is -0.489. The van der Waals surface area contributed by atoms with Crippen LogP contribution in [-0.4, -0.2) is 20.9 Å². The summed E-state index contributed by atoms with van der Waals surface area (Å²) in [6.07, 6.45) is 1.95. The molecule has 140 valence electrons. The van der Waals surface area contributed by atoms with Crippen LogP contribution in [0.4, 0.5) is 5.69 Å². The molecule has 0 aliphatic rings. The van der Waals surface area contributed by atoms with E-state index < -0.39 is 15.9 Å². The number of sulfonamides is 1. The molecule has 0 saturated carbocycles. The smallest absolute Gasteiger partial charge is 0.267 e. The lowest BCUT2D eigenvalue weighted by Gasteiger charge is -2.08. The molecule has 0 bridgehead atoms. The van der Waals surface area contributed by atoms with Gasteiger partial charge in [-0.25, -0.2) is 13.6 Å². The molecule has 0 aliphatic heterocycles. The first-order valence-corrected chi connectivity index (χ1v) is 9.68. The zero-order chi connectivity index (χ0) is 19.9. The Morgan fingerprint density at radius 2 is 1.85 bits per heavy atom. The Morgan fingerprint density at radius 3 is 2.44 bits per heavy atom. The van der Waals surface area contributed by atoms with Crippen LogP contribution in [0.2, 0.25) is 0 Å². The Hall–Kier alpha value is -3.15. The standard InChI is InChI=1S/C19H20N4O3S/c1-14-4-2-3-5-18(14)23-19(24)16(12-20)13-22-11-10-15-6-8-17(9-7-15)27(21,25)26/h2-9,13,22H,10-11H2,1H3,(H,23,24)(H2,21,25,26)/b16-13-. The lowest BCUT2D eigenvalue weighted by molar-refractivity contribution is -0.112. The van der Waals surface area contributed by atoms with Crippen molar-refractivity contribution in [1.29, 1.82) is 5.26 Å². The first-order valence-electron chi connectivity index (χ1n) is 8.13. The number of nitrogens with zero attached hydrogens (tertiary/aromatic N) is 1. The van der Waals surface area contributed by atoms with Gasteiger partial charge in [0.05, 0.1) is 4.90 Å². The first-order chi connectivity index (χ1) is 12.8. The Kier molecular flexibility index (Phi) is 6.71. The van der Waals surface area contributed by atoms with Crippen molar-refractivity contribution in [3.05, 3.63) is 71.4 Å². The average Bonchev–Trinajstić information content (AvgIpc) is 2.63. The molecule has 0 aromatic heterocycles. The van der Waals surface area contributed by atoms with E-state index in [1.54, 1.807) is 24.3 Å². The fourth-order valence-electron chi connectivity index (χ4n) is 2.29. The molecule has 0 saturated heterocycles. The molecule has 0 atom stereocenters. The van der Waals surface area contributed by atoms with Gasteiger partial charge < -0.3 is 10.6 Å². The quantitative estimate of drug-likeness (QED) is 0.381. The largest absolute Gasteiger partial charge is 0.389 e. The second-order valence-corrected chi connectivity index (χ2v) is 7.39. The molecule has 0 spiro atoms. The number of para-hydroxylation sites is 1. The van der Waals surface area contributed by atoms with Gasteiger partial charge in [0, 0.05) is 18.4 Å². The van der Waals surface area contributed by atoms with Crippen molar-refractivity contribution in [2.45, 2.75) is 18.2 Å². The first kappa shape index (κ1) is 20.2. The van der Waals surface area contributed by atoms with Crippen LogP contribution in [0.5, 0.6) is 0 Å². The fourth-order valence-corrected chi connectivity index (χ4v) is 2.80. The number of nitrogens with two attached hydrogens (primary N) is 1. The van der Waals surface area contributed by atoms with Crippen LogP contribution in [0.1, 0.15) is 11.1 Å². The van der Waals surface area contributed by atoms with E-state index in [9.17, 15) is 18.5 Å². The number of aryl methyl sites for hydroxylation is 1. The highest BCUT2D eigenvalue weighted by Gasteiger charge is 2.10. The number of amides is 1. The molecule has 4 N–H and O–H groups in total. The number of anilines is 1. The molecular formula is C19H20N4O3S. The van der Waals surface area contributed by atoms with E-state index in [-0.39, 0.29) is 10.5 Å². The number of hydrogen-bond acceptors (Lipinski definition) is 5. The highest BCUT2D eigenvalue weighted by molar-refractivity contribution is 7.89. The molecule has 0 unspecified atom stereocenters. The summed E-state index contributed by atoms with van der Waals surface area (Å²) < 4.78 is 22.4.